The lowest BCUT2D eigenvalue weighted by molar-refractivity contribution is -0.175. The second-order valence-corrected chi connectivity index (χ2v) is 7.45. The van der Waals surface area contributed by atoms with Crippen LogP contribution in [-0.2, 0) is 4.79 Å². The van der Waals surface area contributed by atoms with E-state index >= 15 is 0 Å². The fraction of sp³-hybridized carbons (Fsp3) is 0.706. The predicted octanol–water partition coefficient (Wildman–Crippen LogP) is 3.29. The number of nitrogens with zero attached hydrogens (tertiary/aromatic N) is 1. The monoisotopic (exact) mass is 330 g/mol. The van der Waals surface area contributed by atoms with Gasteiger partial charge in [-0.05, 0) is 12.8 Å². The average Bonchev–Trinajstić information content (AvgIpc) is 2.41. The molecule has 1 amide bonds. The Bertz CT molecular complexity index is 524. The zero-order valence-corrected chi connectivity index (χ0v) is 14.0. The zero-order valence-electron chi connectivity index (χ0n) is 14.0. The van der Waals surface area contributed by atoms with Gasteiger partial charge in [0, 0.05) is 36.5 Å². The number of carbonyl (C=O) groups excluding carboxylic acids is 1. The van der Waals surface area contributed by atoms with Gasteiger partial charge < -0.3 is 5.32 Å². The molecule has 6 heteroatoms. The Hall–Kier alpha value is -1.30. The molecule has 0 spiro atoms. The van der Waals surface area contributed by atoms with Crippen molar-refractivity contribution in [2.75, 3.05) is 19.6 Å². The van der Waals surface area contributed by atoms with Gasteiger partial charge in [-0.25, -0.2) is 0 Å². The highest BCUT2D eigenvalue weighted by molar-refractivity contribution is 5.82. The Balaban J connectivity index is 2.22. The van der Waals surface area contributed by atoms with E-state index in [1.807, 2.05) is 19.9 Å². The molecule has 0 aromatic carbocycles. The molecule has 0 radical (unpaired) electrons. The van der Waals surface area contributed by atoms with Crippen molar-refractivity contribution < 1.29 is 18.0 Å². The highest BCUT2D eigenvalue weighted by atomic mass is 19.4. The van der Waals surface area contributed by atoms with E-state index in [4.69, 9.17) is 0 Å². The Kier molecular flexibility index (Phi) is 4.68. The van der Waals surface area contributed by atoms with Crippen molar-refractivity contribution in [2.24, 2.45) is 10.8 Å². The van der Waals surface area contributed by atoms with Crippen LogP contribution >= 0.6 is 0 Å². The fourth-order valence-corrected chi connectivity index (χ4v) is 4.19. The number of amides is 1. The van der Waals surface area contributed by atoms with Crippen LogP contribution in [-0.4, -0.2) is 42.7 Å². The normalized spacial score (nSPS) is 31.0. The highest BCUT2D eigenvalue weighted by Gasteiger charge is 2.51. The fourth-order valence-electron chi connectivity index (χ4n) is 4.19. The Morgan fingerprint density at radius 2 is 2.13 bits per heavy atom. The van der Waals surface area contributed by atoms with E-state index in [1.165, 1.54) is 0 Å². The summed E-state index contributed by atoms with van der Waals surface area (Å²) in [5.74, 6) is -1.84. The van der Waals surface area contributed by atoms with Crippen LogP contribution in [0.15, 0.2) is 24.3 Å². The Labute approximate surface area is 135 Å². The van der Waals surface area contributed by atoms with Gasteiger partial charge in [-0.2, -0.15) is 13.2 Å². The molecule has 23 heavy (non-hydrogen) atoms. The molecule has 2 atom stereocenters. The van der Waals surface area contributed by atoms with Crippen LogP contribution in [0.25, 0.3) is 0 Å². The number of hydrogen-bond donors (Lipinski definition) is 1. The van der Waals surface area contributed by atoms with Crippen LogP contribution in [0.3, 0.4) is 0 Å². The minimum atomic E-state index is -4.83. The topological polar surface area (TPSA) is 32.3 Å². The summed E-state index contributed by atoms with van der Waals surface area (Å²) in [6.07, 6.45) is 0.462. The lowest BCUT2D eigenvalue weighted by Crippen LogP contribution is -2.57. The summed E-state index contributed by atoms with van der Waals surface area (Å²) in [6, 6.07) is -0.498. The summed E-state index contributed by atoms with van der Waals surface area (Å²) >= 11 is 0. The Morgan fingerprint density at radius 3 is 2.70 bits per heavy atom. The molecular weight excluding hydrogens is 305 g/mol. The van der Waals surface area contributed by atoms with E-state index in [0.29, 0.717) is 6.42 Å². The zero-order chi connectivity index (χ0) is 17.5. The first-order chi connectivity index (χ1) is 10.5. The molecule has 1 saturated carbocycles. The molecule has 0 unspecified atom stereocenters. The summed E-state index contributed by atoms with van der Waals surface area (Å²) in [5.41, 5.74) is 0.599. The molecule has 1 aliphatic carbocycles. The number of rotatable bonds is 3. The van der Waals surface area contributed by atoms with Crippen molar-refractivity contribution in [2.45, 2.75) is 45.8 Å². The van der Waals surface area contributed by atoms with Crippen LogP contribution in [0, 0.1) is 10.8 Å². The van der Waals surface area contributed by atoms with Gasteiger partial charge in [0.2, 0.25) is 0 Å². The molecule has 0 aromatic rings. The van der Waals surface area contributed by atoms with Gasteiger partial charge in [0.15, 0.2) is 0 Å². The molecular formula is C17H25F3N2O. The molecule has 2 aliphatic rings. The summed E-state index contributed by atoms with van der Waals surface area (Å²) in [6.45, 7) is 12.2. The first-order valence-corrected chi connectivity index (χ1v) is 7.93. The molecule has 130 valence electrons. The van der Waals surface area contributed by atoms with Crippen molar-refractivity contribution in [3.8, 4) is 0 Å². The quantitative estimate of drug-likeness (QED) is 0.806. The van der Waals surface area contributed by atoms with E-state index in [9.17, 15) is 18.0 Å². The van der Waals surface area contributed by atoms with E-state index in [2.05, 4.69) is 29.8 Å². The summed E-state index contributed by atoms with van der Waals surface area (Å²) in [4.78, 5) is 13.6. The lowest BCUT2D eigenvalue weighted by atomic mass is 9.57. The van der Waals surface area contributed by atoms with Crippen LogP contribution in [0.5, 0.6) is 0 Å². The van der Waals surface area contributed by atoms with Gasteiger partial charge in [0.25, 0.3) is 0 Å². The van der Waals surface area contributed by atoms with Crippen LogP contribution in [0.4, 0.5) is 13.2 Å². The molecule has 1 N–H and O–H groups in total. The average molecular weight is 330 g/mol. The molecule has 0 bridgehead atoms. The third-order valence-electron chi connectivity index (χ3n) is 5.28. The molecule has 3 nitrogen and oxygen atoms in total. The smallest absolute Gasteiger partial charge is 0.345 e. The number of halogens is 3. The van der Waals surface area contributed by atoms with E-state index < -0.39 is 23.5 Å². The number of fused-ring (bicyclic) bond motifs is 1. The van der Waals surface area contributed by atoms with Gasteiger partial charge in [-0.15, -0.1) is 6.58 Å². The lowest BCUT2D eigenvalue weighted by Gasteiger charge is -2.54. The van der Waals surface area contributed by atoms with Crippen molar-refractivity contribution in [3.63, 3.8) is 0 Å². The summed E-state index contributed by atoms with van der Waals surface area (Å²) in [7, 11) is 0. The maximum atomic E-state index is 12.6. The van der Waals surface area contributed by atoms with Crippen LogP contribution in [0.1, 0.15) is 33.6 Å². The second kappa shape index (κ2) is 5.96. The highest BCUT2D eigenvalue weighted by Crippen LogP contribution is 2.52. The van der Waals surface area contributed by atoms with Gasteiger partial charge in [0.1, 0.15) is 0 Å². The van der Waals surface area contributed by atoms with Crippen molar-refractivity contribution in [1.82, 2.24) is 10.2 Å². The van der Waals surface area contributed by atoms with Crippen LogP contribution < -0.4 is 5.32 Å². The van der Waals surface area contributed by atoms with Crippen LogP contribution in [0.2, 0.25) is 0 Å². The molecule has 0 aromatic heterocycles. The molecule has 0 saturated heterocycles. The van der Waals surface area contributed by atoms with Crippen molar-refractivity contribution in [1.29, 1.82) is 0 Å². The number of hydrogen-bond acceptors (Lipinski definition) is 2. The number of alkyl halides is 3. The predicted molar refractivity (Wildman–Crippen MR) is 83.8 cm³/mol. The van der Waals surface area contributed by atoms with Crippen molar-refractivity contribution >= 4 is 5.91 Å². The number of nitrogens with one attached hydrogen (secondary N) is 1. The van der Waals surface area contributed by atoms with Gasteiger partial charge in [0.05, 0.1) is 0 Å². The van der Waals surface area contributed by atoms with Gasteiger partial charge >= 0.3 is 12.1 Å². The van der Waals surface area contributed by atoms with Gasteiger partial charge in [-0.3, -0.25) is 9.69 Å². The maximum absolute atomic E-state index is 12.6. The summed E-state index contributed by atoms with van der Waals surface area (Å²) < 4.78 is 37.7. The summed E-state index contributed by atoms with van der Waals surface area (Å²) in [5, 5.41) is 2.20. The standard InChI is InChI=1S/C17H25F3N2O/c1-5-9-22-10-7-12-15(2,3)13(6-8-16(12,4)11-22)21-14(23)17(18,19)20/h5,7,13H,1,6,8-11H2,2-4H3,(H,21,23)/t13-,16-/m1/s1. The van der Waals surface area contributed by atoms with E-state index in [0.717, 1.165) is 31.6 Å². The maximum Gasteiger partial charge on any atom is 0.471 e. The SMILES string of the molecule is C=CCN1CC=C2C(C)(C)[C@H](NC(=O)C(F)(F)F)CC[C@]2(C)C1. The van der Waals surface area contributed by atoms with E-state index in [-0.39, 0.29) is 5.41 Å². The second-order valence-electron chi connectivity index (χ2n) is 7.45. The third kappa shape index (κ3) is 3.47. The van der Waals surface area contributed by atoms with Crippen molar-refractivity contribution in [3.05, 3.63) is 24.3 Å². The third-order valence-corrected chi connectivity index (χ3v) is 5.28. The molecule has 2 rings (SSSR count). The molecule has 1 aliphatic heterocycles. The first-order valence-electron chi connectivity index (χ1n) is 7.93. The van der Waals surface area contributed by atoms with Gasteiger partial charge in [-0.1, -0.05) is 38.5 Å². The largest absolute Gasteiger partial charge is 0.471 e. The number of carbonyl (C=O) groups is 1. The Morgan fingerprint density at radius 1 is 1.48 bits per heavy atom. The molecule has 1 heterocycles. The minimum Gasteiger partial charge on any atom is -0.345 e. The van der Waals surface area contributed by atoms with E-state index in [1.54, 1.807) is 0 Å². The first kappa shape index (κ1) is 18.0. The molecule has 1 fully saturated rings. The minimum absolute atomic E-state index is 0.0653.